The lowest BCUT2D eigenvalue weighted by atomic mass is 10.0. The Kier molecular flexibility index (Phi) is 14.9. The monoisotopic (exact) mass is 675 g/mol. The molecule has 0 unspecified atom stereocenters. The Morgan fingerprint density at radius 1 is 0.938 bits per heavy atom. The number of aromatic nitrogens is 1. The number of hydrogen-bond acceptors (Lipinski definition) is 8. The Bertz CT molecular complexity index is 1390. The molecule has 264 valence electrons. The van der Waals surface area contributed by atoms with Crippen LogP contribution >= 0.6 is 0 Å². The zero-order chi connectivity index (χ0) is 36.1. The summed E-state index contributed by atoms with van der Waals surface area (Å²) in [4.78, 5) is 102. The highest BCUT2D eigenvalue weighted by atomic mass is 16.4. The summed E-state index contributed by atoms with van der Waals surface area (Å²) in [6.45, 7) is 6.08. The van der Waals surface area contributed by atoms with Crippen LogP contribution in [0.15, 0.2) is 24.5 Å². The van der Waals surface area contributed by atoms with Crippen LogP contribution in [0, 0.1) is 5.92 Å². The number of aliphatic carboxylic acids is 1. The van der Waals surface area contributed by atoms with Crippen LogP contribution in [0.4, 0.5) is 0 Å². The number of nitrogens with one attached hydrogen (secondary N) is 5. The van der Waals surface area contributed by atoms with Gasteiger partial charge in [-0.2, -0.15) is 0 Å². The molecule has 0 aromatic carbocycles. The van der Waals surface area contributed by atoms with Crippen molar-refractivity contribution in [3.63, 3.8) is 0 Å². The maximum Gasteiger partial charge on any atom is 0.322 e. The van der Waals surface area contributed by atoms with E-state index in [1.165, 1.54) is 18.7 Å². The SMILES string of the molecule is CC(C)C[C@H](NC(=O)[C@H](CCC(N)=O)NC(=O)[C@H](C)NC(=O)[C@H](C)NC(=O)c1ccc[n+](C)c1)C(=O)N1CCC[C@H]1C(=O)NCC(=O)O. The molecule has 48 heavy (non-hydrogen) atoms. The first-order chi connectivity index (χ1) is 22.5. The third-order valence-electron chi connectivity index (χ3n) is 7.58. The summed E-state index contributed by atoms with van der Waals surface area (Å²) < 4.78 is 1.67. The third-order valence-corrected chi connectivity index (χ3v) is 7.58. The van der Waals surface area contributed by atoms with Crippen LogP contribution in [0.1, 0.15) is 70.2 Å². The minimum absolute atomic E-state index is 0.0813. The van der Waals surface area contributed by atoms with Gasteiger partial charge in [0.25, 0.3) is 5.91 Å². The second-order valence-electron chi connectivity index (χ2n) is 12.2. The number of nitrogens with two attached hydrogens (primary N) is 1. The van der Waals surface area contributed by atoms with Gasteiger partial charge >= 0.3 is 5.97 Å². The summed E-state index contributed by atoms with van der Waals surface area (Å²) in [7, 11) is 1.74. The molecular formula is C31H47N8O9+. The minimum Gasteiger partial charge on any atom is -0.480 e. The van der Waals surface area contributed by atoms with Gasteiger partial charge in [0.2, 0.25) is 35.4 Å². The van der Waals surface area contributed by atoms with Gasteiger partial charge in [0.15, 0.2) is 12.4 Å². The number of carboxylic acids is 1. The fraction of sp³-hybridized carbons (Fsp3) is 0.581. The van der Waals surface area contributed by atoms with Gasteiger partial charge in [-0.15, -0.1) is 0 Å². The van der Waals surface area contributed by atoms with Gasteiger partial charge in [-0.1, -0.05) is 13.8 Å². The predicted molar refractivity (Wildman–Crippen MR) is 169 cm³/mol. The number of carboxylic acid groups (broad SMARTS) is 1. The lowest BCUT2D eigenvalue weighted by Crippen LogP contribution is -2.58. The van der Waals surface area contributed by atoms with Crippen molar-refractivity contribution in [3.05, 3.63) is 30.1 Å². The molecule has 1 aliphatic rings. The average Bonchev–Trinajstić information content (AvgIpc) is 3.50. The molecule has 2 rings (SSSR count). The zero-order valence-electron chi connectivity index (χ0n) is 27.9. The molecule has 0 aliphatic carbocycles. The molecule has 0 saturated carbocycles. The smallest absolute Gasteiger partial charge is 0.322 e. The number of pyridine rings is 1. The van der Waals surface area contributed by atoms with Crippen LogP contribution < -0.4 is 36.9 Å². The van der Waals surface area contributed by atoms with Crippen LogP contribution in [0.5, 0.6) is 0 Å². The van der Waals surface area contributed by atoms with Gasteiger partial charge in [0, 0.05) is 19.0 Å². The average molecular weight is 676 g/mol. The number of carbonyl (C=O) groups excluding carboxylic acids is 7. The van der Waals surface area contributed by atoms with E-state index in [4.69, 9.17) is 10.8 Å². The Morgan fingerprint density at radius 2 is 1.56 bits per heavy atom. The summed E-state index contributed by atoms with van der Waals surface area (Å²) in [6.07, 6.45) is 3.82. The number of rotatable bonds is 17. The molecule has 5 atom stereocenters. The maximum absolute atomic E-state index is 13.6. The Balaban J connectivity index is 2.11. The normalized spacial score (nSPS) is 16.5. The fourth-order valence-electron chi connectivity index (χ4n) is 5.07. The van der Waals surface area contributed by atoms with Gasteiger partial charge in [-0.25, -0.2) is 4.57 Å². The molecule has 0 bridgehead atoms. The van der Waals surface area contributed by atoms with E-state index in [1.807, 2.05) is 13.8 Å². The van der Waals surface area contributed by atoms with E-state index in [1.54, 1.807) is 36.1 Å². The summed E-state index contributed by atoms with van der Waals surface area (Å²) >= 11 is 0. The maximum atomic E-state index is 13.6. The van der Waals surface area contributed by atoms with Crippen molar-refractivity contribution in [2.75, 3.05) is 13.1 Å². The number of hydrogen-bond donors (Lipinski definition) is 7. The van der Waals surface area contributed by atoms with Gasteiger partial charge in [-0.3, -0.25) is 38.4 Å². The van der Waals surface area contributed by atoms with Gasteiger partial charge in [0.05, 0.1) is 0 Å². The van der Waals surface area contributed by atoms with Crippen molar-refractivity contribution >= 4 is 47.3 Å². The van der Waals surface area contributed by atoms with E-state index in [0.717, 1.165) is 0 Å². The van der Waals surface area contributed by atoms with E-state index < -0.39 is 84.1 Å². The fourth-order valence-corrected chi connectivity index (χ4v) is 5.07. The number of amides is 7. The quantitative estimate of drug-likeness (QED) is 0.0869. The van der Waals surface area contributed by atoms with Crippen molar-refractivity contribution in [1.82, 2.24) is 31.5 Å². The molecule has 1 aromatic heterocycles. The van der Waals surface area contributed by atoms with Crippen molar-refractivity contribution in [2.24, 2.45) is 18.7 Å². The highest BCUT2D eigenvalue weighted by Crippen LogP contribution is 2.20. The first-order valence-electron chi connectivity index (χ1n) is 15.8. The highest BCUT2D eigenvalue weighted by Gasteiger charge is 2.39. The molecule has 1 aliphatic heterocycles. The summed E-state index contributed by atoms with van der Waals surface area (Å²) in [6, 6.07) is -2.28. The minimum atomic E-state index is -1.32. The summed E-state index contributed by atoms with van der Waals surface area (Å²) in [5.41, 5.74) is 5.62. The molecule has 1 fully saturated rings. The molecule has 0 radical (unpaired) electrons. The van der Waals surface area contributed by atoms with E-state index >= 15 is 0 Å². The highest BCUT2D eigenvalue weighted by molar-refractivity contribution is 5.99. The van der Waals surface area contributed by atoms with Crippen molar-refractivity contribution in [3.8, 4) is 0 Å². The van der Waals surface area contributed by atoms with Gasteiger partial charge in [-0.05, 0) is 51.5 Å². The second kappa shape index (κ2) is 18.3. The number of aryl methyl sites for hydroxylation is 1. The van der Waals surface area contributed by atoms with Crippen molar-refractivity contribution in [1.29, 1.82) is 0 Å². The zero-order valence-corrected chi connectivity index (χ0v) is 27.9. The largest absolute Gasteiger partial charge is 0.480 e. The Labute approximate surface area is 278 Å². The van der Waals surface area contributed by atoms with Crippen LogP contribution in [0.2, 0.25) is 0 Å². The lowest BCUT2D eigenvalue weighted by molar-refractivity contribution is -0.671. The topological polar surface area (TPSA) is 250 Å². The van der Waals surface area contributed by atoms with E-state index in [2.05, 4.69) is 26.6 Å². The first-order valence-corrected chi connectivity index (χ1v) is 15.8. The molecule has 0 spiro atoms. The molecule has 2 heterocycles. The second-order valence-corrected chi connectivity index (χ2v) is 12.2. The van der Waals surface area contributed by atoms with E-state index in [0.29, 0.717) is 18.4 Å². The summed E-state index contributed by atoms with van der Waals surface area (Å²) in [5.74, 6) is -5.95. The number of nitrogens with zero attached hydrogens (tertiary/aromatic N) is 2. The van der Waals surface area contributed by atoms with Crippen LogP contribution in [0.3, 0.4) is 0 Å². The molecule has 1 saturated heterocycles. The third kappa shape index (κ3) is 12.3. The van der Waals surface area contributed by atoms with Crippen LogP contribution in [-0.2, 0) is 40.6 Å². The number of likely N-dealkylation sites (tertiary alicyclic amines) is 1. The number of primary amides is 1. The Morgan fingerprint density at radius 3 is 2.17 bits per heavy atom. The molecular weight excluding hydrogens is 628 g/mol. The first kappa shape index (κ1) is 39.1. The lowest BCUT2D eigenvalue weighted by Gasteiger charge is -2.30. The molecule has 8 N–H and O–H groups in total. The van der Waals surface area contributed by atoms with Crippen molar-refractivity contribution in [2.45, 2.75) is 90.0 Å². The van der Waals surface area contributed by atoms with Crippen LogP contribution in [0.25, 0.3) is 0 Å². The Hall–Kier alpha value is -5.09. The predicted octanol–water partition coefficient (Wildman–Crippen LogP) is -2.39. The standard InChI is InChI=1S/C31H46N8O9/c1-17(2)14-22(31(48)39-13-7-9-23(39)30(47)33-15-25(41)42)37-29(46)21(10-11-24(32)40)36-27(44)19(4)34-26(43)18(3)35-28(45)20-8-6-12-38(5)16-20/h6,8,12,16-19,21-23H,7,9-11,13-15H2,1-5H3,(H7-,32,33,34,35,36,37,40,41,42,43,44,45,46,47)/p+1/t18-,19-,21-,22-,23-/m0/s1. The molecule has 1 aromatic rings. The molecule has 17 nitrogen and oxygen atoms in total. The van der Waals surface area contributed by atoms with Gasteiger partial charge in [0.1, 0.15) is 49.4 Å². The van der Waals surface area contributed by atoms with E-state index in [-0.39, 0.29) is 31.7 Å². The molecule has 7 amide bonds. The number of carbonyl (C=O) groups is 8. The van der Waals surface area contributed by atoms with Gasteiger partial charge < -0.3 is 42.3 Å². The van der Waals surface area contributed by atoms with Crippen LogP contribution in [-0.4, -0.2) is 101 Å². The van der Waals surface area contributed by atoms with Crippen molar-refractivity contribution < 1.29 is 48.0 Å². The summed E-state index contributed by atoms with van der Waals surface area (Å²) in [5, 5.41) is 21.4. The van der Waals surface area contributed by atoms with E-state index in [9.17, 15) is 38.4 Å². The molecule has 17 heteroatoms.